The second-order valence-electron chi connectivity index (χ2n) is 3.73. The van der Waals surface area contributed by atoms with Crippen LogP contribution in [-0.4, -0.2) is 56.2 Å². The van der Waals surface area contributed by atoms with Crippen LogP contribution in [0.15, 0.2) is 27.8 Å². The van der Waals surface area contributed by atoms with Crippen LogP contribution in [0.4, 0.5) is 0 Å². The molecule has 1 rings (SSSR count). The SMILES string of the molecule is COCC(O)CN(C)S(=O)(=O)c1cncc(Br)c1. The third-order valence-electron chi connectivity index (χ3n) is 2.21. The van der Waals surface area contributed by atoms with Crippen LogP contribution in [0.3, 0.4) is 0 Å². The number of likely N-dealkylation sites (N-methyl/N-ethyl adjacent to an activating group) is 1. The maximum absolute atomic E-state index is 12.1. The van der Waals surface area contributed by atoms with Gasteiger partial charge in [0.05, 0.1) is 12.7 Å². The summed E-state index contributed by atoms with van der Waals surface area (Å²) < 4.78 is 30.7. The van der Waals surface area contributed by atoms with Crippen LogP contribution in [0.1, 0.15) is 0 Å². The van der Waals surface area contributed by atoms with Gasteiger partial charge in [-0.1, -0.05) is 0 Å². The van der Waals surface area contributed by atoms with Crippen molar-refractivity contribution in [2.45, 2.75) is 11.0 Å². The Labute approximate surface area is 115 Å². The Kier molecular flexibility index (Phi) is 5.67. The first kappa shape index (κ1) is 15.5. The molecule has 0 spiro atoms. The Balaban J connectivity index is 2.86. The lowest BCUT2D eigenvalue weighted by atomic mass is 10.4. The lowest BCUT2D eigenvalue weighted by Gasteiger charge is -2.20. The lowest BCUT2D eigenvalue weighted by molar-refractivity contribution is 0.0554. The van der Waals surface area contributed by atoms with Gasteiger partial charge >= 0.3 is 0 Å². The fourth-order valence-corrected chi connectivity index (χ4v) is 3.07. The molecule has 1 N–H and O–H groups in total. The predicted molar refractivity (Wildman–Crippen MR) is 69.6 cm³/mol. The van der Waals surface area contributed by atoms with Crippen molar-refractivity contribution in [3.63, 3.8) is 0 Å². The monoisotopic (exact) mass is 338 g/mol. The van der Waals surface area contributed by atoms with E-state index in [4.69, 9.17) is 4.74 Å². The molecule has 0 fully saturated rings. The zero-order chi connectivity index (χ0) is 13.8. The molecule has 8 heteroatoms. The van der Waals surface area contributed by atoms with Crippen molar-refractivity contribution in [3.05, 3.63) is 22.9 Å². The summed E-state index contributed by atoms with van der Waals surface area (Å²) in [6.45, 7) is 0.0410. The van der Waals surface area contributed by atoms with Crippen molar-refractivity contribution in [2.24, 2.45) is 0 Å². The number of methoxy groups -OCH3 is 1. The average Bonchev–Trinajstić information content (AvgIpc) is 2.29. The van der Waals surface area contributed by atoms with Crippen LogP contribution in [-0.2, 0) is 14.8 Å². The van der Waals surface area contributed by atoms with E-state index < -0.39 is 16.1 Å². The molecule has 6 nitrogen and oxygen atoms in total. The number of rotatable bonds is 6. The first-order chi connectivity index (χ1) is 8.37. The Hall–Kier alpha value is -0.540. The van der Waals surface area contributed by atoms with Crippen LogP contribution in [0.25, 0.3) is 0 Å². The maximum Gasteiger partial charge on any atom is 0.244 e. The van der Waals surface area contributed by atoms with Gasteiger partial charge in [-0.15, -0.1) is 0 Å². The van der Waals surface area contributed by atoms with Crippen LogP contribution < -0.4 is 0 Å². The van der Waals surface area contributed by atoms with E-state index in [1.165, 1.54) is 32.6 Å². The largest absolute Gasteiger partial charge is 0.389 e. The Morgan fingerprint density at radius 3 is 2.78 bits per heavy atom. The fourth-order valence-electron chi connectivity index (χ4n) is 1.35. The van der Waals surface area contributed by atoms with Gasteiger partial charge in [-0.05, 0) is 22.0 Å². The van der Waals surface area contributed by atoms with E-state index in [0.717, 1.165) is 4.31 Å². The molecule has 0 aromatic carbocycles. The van der Waals surface area contributed by atoms with Crippen molar-refractivity contribution >= 4 is 26.0 Å². The summed E-state index contributed by atoms with van der Waals surface area (Å²) in [6.07, 6.45) is 1.90. The van der Waals surface area contributed by atoms with Crippen LogP contribution in [0.2, 0.25) is 0 Å². The topological polar surface area (TPSA) is 79.7 Å². The second kappa shape index (κ2) is 6.58. The summed E-state index contributed by atoms with van der Waals surface area (Å²) in [5, 5.41) is 9.53. The molecule has 1 aromatic rings. The van der Waals surface area contributed by atoms with E-state index in [0.29, 0.717) is 4.47 Å². The summed E-state index contributed by atoms with van der Waals surface area (Å²) in [5.41, 5.74) is 0. The van der Waals surface area contributed by atoms with Gasteiger partial charge in [0.2, 0.25) is 10.0 Å². The minimum absolute atomic E-state index is 0.0390. The second-order valence-corrected chi connectivity index (χ2v) is 6.69. The number of aromatic nitrogens is 1. The Morgan fingerprint density at radius 1 is 1.56 bits per heavy atom. The molecule has 0 saturated heterocycles. The molecule has 102 valence electrons. The molecule has 1 heterocycles. The van der Waals surface area contributed by atoms with Gasteiger partial charge in [-0.3, -0.25) is 4.98 Å². The maximum atomic E-state index is 12.1. The van der Waals surface area contributed by atoms with Gasteiger partial charge < -0.3 is 9.84 Å². The summed E-state index contributed by atoms with van der Waals surface area (Å²) in [6, 6.07) is 1.46. The van der Waals surface area contributed by atoms with E-state index >= 15 is 0 Å². The van der Waals surface area contributed by atoms with Crippen molar-refractivity contribution in [1.82, 2.24) is 9.29 Å². The molecule has 0 saturated carbocycles. The van der Waals surface area contributed by atoms with Gasteiger partial charge in [0.25, 0.3) is 0 Å². The van der Waals surface area contributed by atoms with Crippen LogP contribution >= 0.6 is 15.9 Å². The highest BCUT2D eigenvalue weighted by atomic mass is 79.9. The Bertz CT molecular complexity index is 494. The molecular formula is C10H15BrN2O4S. The van der Waals surface area contributed by atoms with E-state index in [1.54, 1.807) is 0 Å². The van der Waals surface area contributed by atoms with E-state index in [1.807, 2.05) is 0 Å². The minimum atomic E-state index is -3.65. The van der Waals surface area contributed by atoms with Crippen molar-refractivity contribution in [3.8, 4) is 0 Å². The van der Waals surface area contributed by atoms with Crippen molar-refractivity contribution in [1.29, 1.82) is 0 Å². The molecule has 1 aromatic heterocycles. The number of aliphatic hydroxyl groups is 1. The molecule has 0 amide bonds. The van der Waals surface area contributed by atoms with Gasteiger partial charge in [0.1, 0.15) is 4.90 Å². The molecule has 0 aliphatic heterocycles. The number of ether oxygens (including phenoxy) is 1. The molecule has 0 bridgehead atoms. The fraction of sp³-hybridized carbons (Fsp3) is 0.500. The normalized spacial score (nSPS) is 13.8. The molecule has 0 aliphatic carbocycles. The number of hydrogen-bond acceptors (Lipinski definition) is 5. The first-order valence-electron chi connectivity index (χ1n) is 5.12. The average molecular weight is 339 g/mol. The quantitative estimate of drug-likeness (QED) is 0.815. The number of nitrogens with zero attached hydrogens (tertiary/aromatic N) is 2. The number of pyridine rings is 1. The van der Waals surface area contributed by atoms with Crippen LogP contribution in [0.5, 0.6) is 0 Å². The molecule has 18 heavy (non-hydrogen) atoms. The summed E-state index contributed by atoms with van der Waals surface area (Å²) in [7, 11) is -0.811. The molecule has 0 aliphatic rings. The smallest absolute Gasteiger partial charge is 0.244 e. The first-order valence-corrected chi connectivity index (χ1v) is 7.35. The number of sulfonamides is 1. The van der Waals surface area contributed by atoms with Gasteiger partial charge in [-0.25, -0.2) is 8.42 Å². The lowest BCUT2D eigenvalue weighted by Crippen LogP contribution is -2.36. The third-order valence-corrected chi connectivity index (χ3v) is 4.44. The number of hydrogen-bond donors (Lipinski definition) is 1. The summed E-state index contributed by atoms with van der Waals surface area (Å²) >= 11 is 3.16. The van der Waals surface area contributed by atoms with Crippen LogP contribution in [0, 0.1) is 0 Å². The van der Waals surface area contributed by atoms with E-state index in [9.17, 15) is 13.5 Å². The number of halogens is 1. The highest BCUT2D eigenvalue weighted by Gasteiger charge is 2.23. The molecule has 0 radical (unpaired) electrons. The molecule has 1 unspecified atom stereocenters. The van der Waals surface area contributed by atoms with Crippen molar-refractivity contribution in [2.75, 3.05) is 27.3 Å². The zero-order valence-corrected chi connectivity index (χ0v) is 12.5. The van der Waals surface area contributed by atoms with E-state index in [2.05, 4.69) is 20.9 Å². The summed E-state index contributed by atoms with van der Waals surface area (Å²) in [5.74, 6) is 0. The highest BCUT2D eigenvalue weighted by Crippen LogP contribution is 2.17. The zero-order valence-electron chi connectivity index (χ0n) is 10.1. The number of aliphatic hydroxyl groups excluding tert-OH is 1. The minimum Gasteiger partial charge on any atom is -0.389 e. The third kappa shape index (κ3) is 3.99. The van der Waals surface area contributed by atoms with E-state index in [-0.39, 0.29) is 18.0 Å². The summed E-state index contributed by atoms with van der Waals surface area (Å²) in [4.78, 5) is 3.88. The highest BCUT2D eigenvalue weighted by molar-refractivity contribution is 9.10. The Morgan fingerprint density at radius 2 is 2.22 bits per heavy atom. The predicted octanol–water partition coefficient (Wildman–Crippen LogP) is 0.472. The van der Waals surface area contributed by atoms with Gasteiger partial charge in [-0.2, -0.15) is 4.31 Å². The molecule has 1 atom stereocenters. The standard InChI is InChI=1S/C10H15BrN2O4S/c1-13(6-9(14)7-17-2)18(15,16)10-3-8(11)4-12-5-10/h3-5,9,14H,6-7H2,1-2H3. The molecular weight excluding hydrogens is 324 g/mol. The van der Waals surface area contributed by atoms with Crippen molar-refractivity contribution < 1.29 is 18.3 Å². The van der Waals surface area contributed by atoms with Gasteiger partial charge in [0, 0.05) is 37.6 Å². The van der Waals surface area contributed by atoms with Gasteiger partial charge in [0.15, 0.2) is 0 Å².